The van der Waals surface area contributed by atoms with Gasteiger partial charge in [0.15, 0.2) is 0 Å². The Morgan fingerprint density at radius 3 is 2.16 bits per heavy atom. The van der Waals surface area contributed by atoms with Crippen LogP contribution in [0.4, 0.5) is 4.79 Å². The lowest BCUT2D eigenvalue weighted by molar-refractivity contribution is -0.160. The van der Waals surface area contributed by atoms with E-state index in [4.69, 9.17) is 9.47 Å². The Morgan fingerprint density at radius 1 is 0.921 bits per heavy atom. The number of carbonyl (C=O) groups excluding carboxylic acids is 2. The second-order valence-electron chi connectivity index (χ2n) is 11.5. The lowest BCUT2D eigenvalue weighted by atomic mass is 9.98. The van der Waals surface area contributed by atoms with Crippen molar-refractivity contribution < 1.29 is 19.1 Å². The molecule has 3 aromatic rings. The van der Waals surface area contributed by atoms with Gasteiger partial charge in [0.1, 0.15) is 18.2 Å². The Balaban J connectivity index is 1.29. The van der Waals surface area contributed by atoms with Crippen LogP contribution >= 0.6 is 0 Å². The van der Waals surface area contributed by atoms with Crippen LogP contribution in [0.1, 0.15) is 74.1 Å². The van der Waals surface area contributed by atoms with Gasteiger partial charge in [0.25, 0.3) is 0 Å². The van der Waals surface area contributed by atoms with Crippen LogP contribution < -0.4 is 0 Å². The van der Waals surface area contributed by atoms with Crippen LogP contribution in [0.3, 0.4) is 0 Å². The van der Waals surface area contributed by atoms with Crippen molar-refractivity contribution in [3.05, 3.63) is 95.1 Å². The van der Waals surface area contributed by atoms with E-state index in [1.165, 1.54) is 40.0 Å². The van der Waals surface area contributed by atoms with E-state index in [9.17, 15) is 9.59 Å². The third kappa shape index (κ3) is 5.77. The summed E-state index contributed by atoms with van der Waals surface area (Å²) in [4.78, 5) is 27.9. The number of esters is 1. The molecule has 5 rings (SSSR count). The summed E-state index contributed by atoms with van der Waals surface area (Å²) in [5.74, 6) is 0.219. The molecule has 1 saturated carbocycles. The van der Waals surface area contributed by atoms with E-state index in [0.717, 1.165) is 11.1 Å². The van der Waals surface area contributed by atoms with Crippen molar-refractivity contribution in [1.29, 1.82) is 0 Å². The first-order valence-corrected chi connectivity index (χ1v) is 13.6. The number of hydrogen-bond acceptors (Lipinski definition) is 4. The third-order valence-electron chi connectivity index (χ3n) is 7.48. The van der Waals surface area contributed by atoms with Gasteiger partial charge in [0, 0.05) is 13.0 Å². The highest BCUT2D eigenvalue weighted by Gasteiger charge is 2.34. The molecular formula is C33H37NO4. The number of amides is 1. The first-order valence-electron chi connectivity index (χ1n) is 13.6. The molecule has 0 saturated heterocycles. The predicted molar refractivity (Wildman–Crippen MR) is 149 cm³/mol. The molecule has 5 heteroatoms. The molecule has 1 fully saturated rings. The first-order chi connectivity index (χ1) is 18.2. The minimum atomic E-state index is -0.741. The van der Waals surface area contributed by atoms with Crippen LogP contribution in [0, 0.1) is 0 Å². The van der Waals surface area contributed by atoms with Crippen molar-refractivity contribution >= 4 is 12.1 Å². The summed E-state index contributed by atoms with van der Waals surface area (Å²) in [7, 11) is 1.63. The summed E-state index contributed by atoms with van der Waals surface area (Å²) in [5.41, 5.74) is 6.55. The second-order valence-corrected chi connectivity index (χ2v) is 11.5. The van der Waals surface area contributed by atoms with E-state index in [-0.39, 0.29) is 12.5 Å². The number of nitrogens with zero attached hydrogens (tertiary/aromatic N) is 1. The SMILES string of the molecule is CN(C(=O)OCC1c2ccccc2-c2ccccc21)C(CCc1cccc(C2CC2)c1)C(=O)OC(C)(C)C. The Morgan fingerprint density at radius 2 is 1.55 bits per heavy atom. The largest absolute Gasteiger partial charge is 0.458 e. The Kier molecular flexibility index (Phi) is 7.29. The van der Waals surface area contributed by atoms with Crippen LogP contribution in [0.25, 0.3) is 11.1 Å². The van der Waals surface area contributed by atoms with E-state index in [1.807, 2.05) is 45.0 Å². The maximum absolute atomic E-state index is 13.3. The summed E-state index contributed by atoms with van der Waals surface area (Å²) in [6, 6.07) is 24.3. The zero-order chi connectivity index (χ0) is 26.9. The summed E-state index contributed by atoms with van der Waals surface area (Å²) in [5, 5.41) is 0. The zero-order valence-electron chi connectivity index (χ0n) is 22.8. The zero-order valence-corrected chi connectivity index (χ0v) is 22.8. The molecule has 0 spiro atoms. The van der Waals surface area contributed by atoms with E-state index in [2.05, 4.69) is 48.5 Å². The molecule has 0 radical (unpaired) electrons. The van der Waals surface area contributed by atoms with Gasteiger partial charge in [-0.05, 0) is 85.8 Å². The molecule has 0 N–H and O–H groups in total. The molecule has 38 heavy (non-hydrogen) atoms. The maximum Gasteiger partial charge on any atom is 0.410 e. The van der Waals surface area contributed by atoms with Crippen molar-refractivity contribution in [3.8, 4) is 11.1 Å². The summed E-state index contributed by atoms with van der Waals surface area (Å²) >= 11 is 0. The van der Waals surface area contributed by atoms with Gasteiger partial charge in [0.05, 0.1) is 0 Å². The summed E-state index contributed by atoms with van der Waals surface area (Å²) in [6.45, 7) is 5.73. The molecule has 0 heterocycles. The third-order valence-corrected chi connectivity index (χ3v) is 7.48. The van der Waals surface area contributed by atoms with Crippen LogP contribution in [0.2, 0.25) is 0 Å². The average Bonchev–Trinajstić information content (AvgIpc) is 3.69. The highest BCUT2D eigenvalue weighted by atomic mass is 16.6. The standard InChI is InChI=1S/C33H37NO4/c1-33(2,3)38-31(35)30(19-16-22-10-9-11-24(20-22)23-17-18-23)34(4)32(36)37-21-29-27-14-7-5-12-25(27)26-13-6-8-15-28(26)29/h5-15,20,23,29-30H,16-19,21H2,1-4H3. The van der Waals surface area contributed by atoms with Gasteiger partial charge < -0.3 is 9.47 Å². The molecule has 1 amide bonds. The van der Waals surface area contributed by atoms with Gasteiger partial charge in [-0.1, -0.05) is 72.8 Å². The number of rotatable bonds is 8. The number of fused-ring (bicyclic) bond motifs is 3. The van der Waals surface area contributed by atoms with Crippen LogP contribution in [-0.4, -0.2) is 42.3 Å². The number of likely N-dealkylation sites (N-methyl/N-ethyl adjacent to an activating group) is 1. The van der Waals surface area contributed by atoms with E-state index in [0.29, 0.717) is 18.8 Å². The van der Waals surface area contributed by atoms with Crippen LogP contribution in [0.15, 0.2) is 72.8 Å². The van der Waals surface area contributed by atoms with Crippen molar-refractivity contribution in [2.75, 3.05) is 13.7 Å². The van der Waals surface area contributed by atoms with Crippen molar-refractivity contribution in [2.24, 2.45) is 0 Å². The highest BCUT2D eigenvalue weighted by molar-refractivity contribution is 5.82. The molecule has 0 aliphatic heterocycles. The van der Waals surface area contributed by atoms with Crippen LogP contribution in [0.5, 0.6) is 0 Å². The Hall–Kier alpha value is -3.60. The van der Waals surface area contributed by atoms with Gasteiger partial charge in [-0.15, -0.1) is 0 Å². The highest BCUT2D eigenvalue weighted by Crippen LogP contribution is 2.44. The summed E-state index contributed by atoms with van der Waals surface area (Å²) in [6.07, 6.45) is 3.10. The van der Waals surface area contributed by atoms with E-state index >= 15 is 0 Å². The van der Waals surface area contributed by atoms with Crippen LogP contribution in [-0.2, 0) is 20.7 Å². The fourth-order valence-corrected chi connectivity index (χ4v) is 5.39. The first kappa shape index (κ1) is 26.0. The Bertz CT molecular complexity index is 1270. The van der Waals surface area contributed by atoms with Gasteiger partial charge in [-0.2, -0.15) is 0 Å². The number of carbonyl (C=O) groups is 2. The predicted octanol–water partition coefficient (Wildman–Crippen LogP) is 7.09. The maximum atomic E-state index is 13.3. The quantitative estimate of drug-likeness (QED) is 0.303. The molecular weight excluding hydrogens is 474 g/mol. The molecule has 198 valence electrons. The van der Waals surface area contributed by atoms with E-state index in [1.54, 1.807) is 7.05 Å². The van der Waals surface area contributed by atoms with Gasteiger partial charge in [0.2, 0.25) is 0 Å². The molecule has 5 nitrogen and oxygen atoms in total. The van der Waals surface area contributed by atoms with Gasteiger partial charge >= 0.3 is 12.1 Å². The Labute approximate surface area is 225 Å². The van der Waals surface area contributed by atoms with E-state index < -0.39 is 23.7 Å². The number of hydrogen-bond donors (Lipinski definition) is 0. The fourth-order valence-electron chi connectivity index (χ4n) is 5.39. The minimum Gasteiger partial charge on any atom is -0.458 e. The van der Waals surface area contributed by atoms with Gasteiger partial charge in [-0.25, -0.2) is 9.59 Å². The van der Waals surface area contributed by atoms with Gasteiger partial charge in [-0.3, -0.25) is 4.90 Å². The topological polar surface area (TPSA) is 55.8 Å². The monoisotopic (exact) mass is 511 g/mol. The molecule has 0 aromatic heterocycles. The lowest BCUT2D eigenvalue weighted by Gasteiger charge is -2.30. The van der Waals surface area contributed by atoms with Crippen molar-refractivity contribution in [1.82, 2.24) is 4.90 Å². The van der Waals surface area contributed by atoms with Crippen molar-refractivity contribution in [3.63, 3.8) is 0 Å². The molecule has 2 aliphatic rings. The fraction of sp³-hybridized carbons (Fsp3) is 0.394. The number of ether oxygens (including phenoxy) is 2. The summed E-state index contributed by atoms with van der Waals surface area (Å²) < 4.78 is 11.6. The molecule has 0 bridgehead atoms. The molecule has 3 aromatic carbocycles. The normalized spacial score (nSPS) is 15.4. The smallest absolute Gasteiger partial charge is 0.410 e. The average molecular weight is 512 g/mol. The molecule has 1 atom stereocenters. The molecule has 2 aliphatic carbocycles. The van der Waals surface area contributed by atoms with Crippen molar-refractivity contribution in [2.45, 2.75) is 69.9 Å². The lowest BCUT2D eigenvalue weighted by Crippen LogP contribution is -2.46. The number of aryl methyl sites for hydroxylation is 1. The molecule has 1 unspecified atom stereocenters. The second kappa shape index (κ2) is 10.6. The minimum absolute atomic E-state index is 0.0371. The number of benzene rings is 3.